The van der Waals surface area contributed by atoms with Crippen LogP contribution >= 0.6 is 23.1 Å². The molecule has 2 aromatic rings. The number of fused-ring (bicyclic) bond motifs is 1. The van der Waals surface area contributed by atoms with Crippen LogP contribution in [-0.2, 0) is 9.59 Å². The number of aryl methyl sites for hydroxylation is 1. The molecule has 0 spiro atoms. The molecular formula is C16H17N3O2S2. The number of carbonyl (C=O) groups excluding carboxylic acids is 2. The molecule has 0 radical (unpaired) electrons. The molecule has 0 aliphatic carbocycles. The quantitative estimate of drug-likeness (QED) is 0.922. The van der Waals surface area contributed by atoms with Crippen LogP contribution < -0.4 is 10.2 Å². The van der Waals surface area contributed by atoms with E-state index < -0.39 is 0 Å². The Balaban J connectivity index is 1.57. The number of aromatic nitrogens is 1. The molecule has 0 saturated heterocycles. The van der Waals surface area contributed by atoms with Crippen LogP contribution in [0.4, 0.5) is 10.8 Å². The highest BCUT2D eigenvalue weighted by Gasteiger charge is 2.22. The van der Waals surface area contributed by atoms with Crippen molar-refractivity contribution in [2.75, 3.05) is 22.5 Å². The predicted molar refractivity (Wildman–Crippen MR) is 94.2 cm³/mol. The summed E-state index contributed by atoms with van der Waals surface area (Å²) >= 11 is 3.15. The number of hydrogen-bond acceptors (Lipinski definition) is 5. The SMILES string of the molecule is Cc1csc(NC(=O)CCC(=O)N2CCSc3ccccc32)n1. The number of nitrogens with one attached hydrogen (secondary N) is 1. The van der Waals surface area contributed by atoms with Gasteiger partial charge in [0.2, 0.25) is 11.8 Å². The number of benzene rings is 1. The zero-order chi connectivity index (χ0) is 16.2. The largest absolute Gasteiger partial charge is 0.310 e. The summed E-state index contributed by atoms with van der Waals surface area (Å²) < 4.78 is 0. The van der Waals surface area contributed by atoms with Crippen molar-refractivity contribution in [3.63, 3.8) is 0 Å². The van der Waals surface area contributed by atoms with Crippen molar-refractivity contribution in [2.24, 2.45) is 0 Å². The van der Waals surface area contributed by atoms with Crippen molar-refractivity contribution in [3.8, 4) is 0 Å². The summed E-state index contributed by atoms with van der Waals surface area (Å²) in [6, 6.07) is 7.89. The number of hydrogen-bond donors (Lipinski definition) is 1. The van der Waals surface area contributed by atoms with Gasteiger partial charge in [-0.25, -0.2) is 4.98 Å². The number of anilines is 2. The molecule has 2 heterocycles. The molecular weight excluding hydrogens is 330 g/mol. The maximum Gasteiger partial charge on any atom is 0.227 e. The fraction of sp³-hybridized carbons (Fsp3) is 0.312. The van der Waals surface area contributed by atoms with E-state index in [1.807, 2.05) is 36.6 Å². The average molecular weight is 347 g/mol. The summed E-state index contributed by atoms with van der Waals surface area (Å²) in [4.78, 5) is 31.5. The zero-order valence-electron chi connectivity index (χ0n) is 12.7. The molecule has 1 aliphatic heterocycles. The van der Waals surface area contributed by atoms with Gasteiger partial charge in [0.1, 0.15) is 0 Å². The number of thioether (sulfide) groups is 1. The molecule has 120 valence electrons. The Morgan fingerprint density at radius 1 is 1.30 bits per heavy atom. The number of amides is 2. The van der Waals surface area contributed by atoms with Crippen LogP contribution in [0.25, 0.3) is 0 Å². The third-order valence-corrected chi connectivity index (χ3v) is 5.38. The molecule has 7 heteroatoms. The Labute approximate surface area is 143 Å². The van der Waals surface area contributed by atoms with E-state index in [1.54, 1.807) is 16.7 Å². The highest BCUT2D eigenvalue weighted by molar-refractivity contribution is 7.99. The van der Waals surface area contributed by atoms with Gasteiger partial charge in [0.05, 0.1) is 11.4 Å². The van der Waals surface area contributed by atoms with Gasteiger partial charge in [-0.05, 0) is 19.1 Å². The molecule has 1 aliphatic rings. The number of para-hydroxylation sites is 1. The maximum absolute atomic E-state index is 12.4. The van der Waals surface area contributed by atoms with Crippen LogP contribution in [0.1, 0.15) is 18.5 Å². The summed E-state index contributed by atoms with van der Waals surface area (Å²) in [5.74, 6) is 0.698. The second-order valence-electron chi connectivity index (χ2n) is 5.20. The summed E-state index contributed by atoms with van der Waals surface area (Å²) in [5, 5.41) is 5.19. The average Bonchev–Trinajstić information content (AvgIpc) is 2.97. The van der Waals surface area contributed by atoms with Crippen molar-refractivity contribution in [2.45, 2.75) is 24.7 Å². The van der Waals surface area contributed by atoms with Crippen LogP contribution in [0.5, 0.6) is 0 Å². The van der Waals surface area contributed by atoms with Crippen LogP contribution in [0.15, 0.2) is 34.5 Å². The minimum Gasteiger partial charge on any atom is -0.310 e. The van der Waals surface area contributed by atoms with Crippen molar-refractivity contribution in [3.05, 3.63) is 35.3 Å². The van der Waals surface area contributed by atoms with Gasteiger partial charge in [-0.3, -0.25) is 9.59 Å². The van der Waals surface area contributed by atoms with Gasteiger partial charge >= 0.3 is 0 Å². The maximum atomic E-state index is 12.4. The third kappa shape index (κ3) is 3.92. The second-order valence-corrected chi connectivity index (χ2v) is 7.20. The van der Waals surface area contributed by atoms with Crippen molar-refractivity contribution in [1.82, 2.24) is 4.98 Å². The lowest BCUT2D eigenvalue weighted by Crippen LogP contribution is -2.35. The van der Waals surface area contributed by atoms with Crippen LogP contribution in [-0.4, -0.2) is 29.1 Å². The van der Waals surface area contributed by atoms with E-state index in [-0.39, 0.29) is 24.7 Å². The van der Waals surface area contributed by atoms with E-state index in [1.165, 1.54) is 11.3 Å². The molecule has 23 heavy (non-hydrogen) atoms. The fourth-order valence-electron chi connectivity index (χ4n) is 2.38. The molecule has 5 nitrogen and oxygen atoms in total. The molecule has 2 amide bonds. The lowest BCUT2D eigenvalue weighted by molar-refractivity contribution is -0.122. The summed E-state index contributed by atoms with van der Waals surface area (Å²) in [5.41, 5.74) is 1.83. The highest BCUT2D eigenvalue weighted by atomic mass is 32.2. The molecule has 0 unspecified atom stereocenters. The van der Waals surface area contributed by atoms with Crippen molar-refractivity contribution in [1.29, 1.82) is 0 Å². The Kier molecular flexibility index (Phi) is 4.97. The first-order valence-electron chi connectivity index (χ1n) is 7.37. The van der Waals surface area contributed by atoms with Crippen molar-refractivity contribution < 1.29 is 9.59 Å². The Bertz CT molecular complexity index is 730. The van der Waals surface area contributed by atoms with Gasteiger partial charge in [-0.2, -0.15) is 0 Å². The van der Waals surface area contributed by atoms with E-state index in [0.717, 1.165) is 22.0 Å². The minimum atomic E-state index is -0.174. The predicted octanol–water partition coefficient (Wildman–Crippen LogP) is 3.31. The van der Waals surface area contributed by atoms with E-state index in [2.05, 4.69) is 10.3 Å². The number of thiazole rings is 1. The van der Waals surface area contributed by atoms with Crippen molar-refractivity contribution >= 4 is 45.7 Å². The Morgan fingerprint density at radius 2 is 2.13 bits per heavy atom. The lowest BCUT2D eigenvalue weighted by atomic mass is 10.2. The molecule has 0 saturated carbocycles. The van der Waals surface area contributed by atoms with Crippen LogP contribution in [0, 0.1) is 6.92 Å². The van der Waals surface area contributed by atoms with Gasteiger partial charge in [-0.15, -0.1) is 23.1 Å². The Morgan fingerprint density at radius 3 is 2.91 bits per heavy atom. The smallest absolute Gasteiger partial charge is 0.227 e. The van der Waals surface area contributed by atoms with E-state index in [0.29, 0.717) is 11.7 Å². The van der Waals surface area contributed by atoms with Gasteiger partial charge in [0, 0.05) is 35.4 Å². The first-order valence-corrected chi connectivity index (χ1v) is 9.24. The second kappa shape index (κ2) is 7.14. The standard InChI is InChI=1S/C16H17N3O2S2/c1-11-10-23-16(17-11)18-14(20)6-7-15(21)19-8-9-22-13-5-3-2-4-12(13)19/h2-5,10H,6-9H2,1H3,(H,17,18,20). The number of rotatable bonds is 4. The van der Waals surface area contributed by atoms with Gasteiger partial charge in [0.25, 0.3) is 0 Å². The molecule has 0 fully saturated rings. The summed E-state index contributed by atoms with van der Waals surface area (Å²) in [7, 11) is 0. The third-order valence-electron chi connectivity index (χ3n) is 3.46. The molecule has 0 bridgehead atoms. The van der Waals surface area contributed by atoms with E-state index >= 15 is 0 Å². The molecule has 0 atom stereocenters. The van der Waals surface area contributed by atoms with Crippen LogP contribution in [0.3, 0.4) is 0 Å². The fourth-order valence-corrected chi connectivity index (χ4v) is 4.08. The Hall–Kier alpha value is -1.86. The van der Waals surface area contributed by atoms with E-state index in [9.17, 15) is 9.59 Å². The summed E-state index contributed by atoms with van der Waals surface area (Å²) in [6.07, 6.45) is 0.373. The number of nitrogens with zero attached hydrogens (tertiary/aromatic N) is 2. The highest BCUT2D eigenvalue weighted by Crippen LogP contribution is 2.34. The number of carbonyl (C=O) groups is 2. The normalized spacial score (nSPS) is 13.5. The monoisotopic (exact) mass is 347 g/mol. The van der Waals surface area contributed by atoms with Gasteiger partial charge in [-0.1, -0.05) is 12.1 Å². The first kappa shape index (κ1) is 16.0. The topological polar surface area (TPSA) is 62.3 Å². The summed E-state index contributed by atoms with van der Waals surface area (Å²) in [6.45, 7) is 2.56. The first-order chi connectivity index (χ1) is 11.1. The van der Waals surface area contributed by atoms with Gasteiger partial charge in [0.15, 0.2) is 5.13 Å². The van der Waals surface area contributed by atoms with E-state index in [4.69, 9.17) is 0 Å². The van der Waals surface area contributed by atoms with Crippen LogP contribution in [0.2, 0.25) is 0 Å². The minimum absolute atomic E-state index is 0.0109. The van der Waals surface area contributed by atoms with Gasteiger partial charge < -0.3 is 10.2 Å². The molecule has 1 N–H and O–H groups in total. The molecule has 3 rings (SSSR count). The molecule has 1 aromatic carbocycles. The zero-order valence-corrected chi connectivity index (χ0v) is 14.4. The molecule has 1 aromatic heterocycles. The lowest BCUT2D eigenvalue weighted by Gasteiger charge is -2.28.